The van der Waals surface area contributed by atoms with E-state index < -0.39 is 17.6 Å². The minimum atomic E-state index is -4.42. The summed E-state index contributed by atoms with van der Waals surface area (Å²) in [6.07, 6.45) is -4.42. The predicted molar refractivity (Wildman–Crippen MR) is 86.6 cm³/mol. The molecule has 7 heteroatoms. The fourth-order valence-corrected chi connectivity index (χ4v) is 2.87. The van der Waals surface area contributed by atoms with E-state index in [1.165, 1.54) is 12.1 Å². The normalized spacial score (nSPS) is 11.5. The number of halogens is 3. The number of nitrogens with two attached hydrogens (primary N) is 1. The molecule has 0 fully saturated rings. The highest BCUT2D eigenvalue weighted by molar-refractivity contribution is 6.03. The van der Waals surface area contributed by atoms with Crippen LogP contribution >= 0.6 is 0 Å². The van der Waals surface area contributed by atoms with E-state index in [0.717, 1.165) is 12.1 Å². The second-order valence-electron chi connectivity index (χ2n) is 5.60. The van der Waals surface area contributed by atoms with Gasteiger partial charge in [-0.05, 0) is 35.9 Å². The molecule has 0 radical (unpaired) electrons. The molecule has 1 heterocycles. The maximum Gasteiger partial charge on any atom is 0.416 e. The van der Waals surface area contributed by atoms with E-state index >= 15 is 0 Å². The van der Waals surface area contributed by atoms with E-state index in [1.807, 2.05) is 6.07 Å². The molecule has 3 aromatic rings. The Morgan fingerprint density at radius 2 is 1.80 bits per heavy atom. The van der Waals surface area contributed by atoms with Gasteiger partial charge in [-0.2, -0.15) is 18.4 Å². The van der Waals surface area contributed by atoms with Crippen LogP contribution in [0.25, 0.3) is 22.0 Å². The summed E-state index contributed by atoms with van der Waals surface area (Å²) in [4.78, 5) is 11.6. The predicted octanol–water partition coefficient (Wildman–Crippen LogP) is 3.83. The van der Waals surface area contributed by atoms with Crippen LogP contribution < -0.4 is 5.73 Å². The first-order chi connectivity index (χ1) is 11.7. The number of carbonyl (C=O) groups excluding carboxylic acids is 1. The number of primary amides is 1. The van der Waals surface area contributed by atoms with Gasteiger partial charge in [0.1, 0.15) is 5.69 Å². The van der Waals surface area contributed by atoms with Crippen LogP contribution in [0.1, 0.15) is 21.6 Å². The van der Waals surface area contributed by atoms with Crippen LogP contribution in [0.4, 0.5) is 13.2 Å². The Morgan fingerprint density at radius 1 is 1.16 bits per heavy atom. The first-order valence-corrected chi connectivity index (χ1v) is 7.23. The number of rotatable bonds is 2. The van der Waals surface area contributed by atoms with Crippen LogP contribution in [-0.4, -0.2) is 10.5 Å². The minimum absolute atomic E-state index is 0.248. The molecule has 2 N–H and O–H groups in total. The lowest BCUT2D eigenvalue weighted by atomic mass is 9.99. The zero-order valence-electron chi connectivity index (χ0n) is 13.1. The molecule has 25 heavy (non-hydrogen) atoms. The number of hydrogen-bond acceptors (Lipinski definition) is 2. The van der Waals surface area contributed by atoms with E-state index in [0.29, 0.717) is 27.6 Å². The van der Waals surface area contributed by atoms with Crippen molar-refractivity contribution in [3.8, 4) is 17.2 Å². The highest BCUT2D eigenvalue weighted by Crippen LogP contribution is 2.35. The Morgan fingerprint density at radius 3 is 2.32 bits per heavy atom. The van der Waals surface area contributed by atoms with Crippen molar-refractivity contribution in [2.24, 2.45) is 12.8 Å². The van der Waals surface area contributed by atoms with Gasteiger partial charge < -0.3 is 10.3 Å². The first-order valence-electron chi connectivity index (χ1n) is 7.23. The van der Waals surface area contributed by atoms with Crippen LogP contribution in [0.5, 0.6) is 0 Å². The third kappa shape index (κ3) is 2.83. The van der Waals surface area contributed by atoms with Crippen LogP contribution in [0.15, 0.2) is 42.5 Å². The molecule has 0 bridgehead atoms. The average molecular weight is 343 g/mol. The summed E-state index contributed by atoms with van der Waals surface area (Å²) in [7, 11) is 1.64. The average Bonchev–Trinajstić information content (AvgIpc) is 2.90. The van der Waals surface area contributed by atoms with Gasteiger partial charge in [-0.15, -0.1) is 0 Å². The van der Waals surface area contributed by atoms with Gasteiger partial charge in [0, 0.05) is 18.0 Å². The number of benzene rings is 2. The number of alkyl halides is 3. The molecule has 3 rings (SSSR count). The summed E-state index contributed by atoms with van der Waals surface area (Å²) in [5.74, 6) is -0.629. The Labute approximate surface area is 140 Å². The van der Waals surface area contributed by atoms with Crippen molar-refractivity contribution in [1.29, 1.82) is 5.26 Å². The molecule has 0 saturated carbocycles. The molecular formula is C18H12F3N3O. The maximum atomic E-state index is 12.8. The summed E-state index contributed by atoms with van der Waals surface area (Å²) in [5, 5.41) is 9.82. The van der Waals surface area contributed by atoms with Gasteiger partial charge in [-0.1, -0.05) is 12.1 Å². The number of fused-ring (bicyclic) bond motifs is 1. The number of carbonyl (C=O) groups is 1. The van der Waals surface area contributed by atoms with Crippen molar-refractivity contribution < 1.29 is 18.0 Å². The number of aromatic nitrogens is 1. The zero-order valence-corrected chi connectivity index (χ0v) is 13.1. The monoisotopic (exact) mass is 343 g/mol. The first kappa shape index (κ1) is 16.6. The van der Waals surface area contributed by atoms with E-state index in [9.17, 15) is 23.2 Å². The van der Waals surface area contributed by atoms with Gasteiger partial charge in [0.15, 0.2) is 0 Å². The van der Waals surface area contributed by atoms with Crippen LogP contribution in [0.3, 0.4) is 0 Å². The molecule has 4 nitrogen and oxygen atoms in total. The van der Waals surface area contributed by atoms with Crippen LogP contribution in [-0.2, 0) is 13.2 Å². The summed E-state index contributed by atoms with van der Waals surface area (Å²) in [6, 6.07) is 11.4. The third-order valence-electron chi connectivity index (χ3n) is 4.03. The summed E-state index contributed by atoms with van der Waals surface area (Å²) >= 11 is 0. The number of aryl methyl sites for hydroxylation is 1. The van der Waals surface area contributed by atoms with Gasteiger partial charge in [-0.25, -0.2) is 0 Å². The number of amides is 1. The van der Waals surface area contributed by atoms with Crippen molar-refractivity contribution in [3.63, 3.8) is 0 Å². The fourth-order valence-electron chi connectivity index (χ4n) is 2.87. The number of nitriles is 1. The van der Waals surface area contributed by atoms with Crippen LogP contribution in [0.2, 0.25) is 0 Å². The van der Waals surface area contributed by atoms with Crippen molar-refractivity contribution in [1.82, 2.24) is 4.57 Å². The van der Waals surface area contributed by atoms with Gasteiger partial charge in [0.2, 0.25) is 0 Å². The topological polar surface area (TPSA) is 71.8 Å². The van der Waals surface area contributed by atoms with Gasteiger partial charge >= 0.3 is 6.18 Å². The lowest BCUT2D eigenvalue weighted by molar-refractivity contribution is -0.137. The maximum absolute atomic E-state index is 12.8. The molecule has 0 aliphatic carbocycles. The Kier molecular flexibility index (Phi) is 3.76. The SMILES string of the molecule is Cn1c(C(N)=O)cc2cc(C#N)cc(-c3ccc(C(F)(F)F)cc3)c21. The Balaban J connectivity index is 2.28. The highest BCUT2D eigenvalue weighted by atomic mass is 19.4. The van der Waals surface area contributed by atoms with Crippen molar-refractivity contribution >= 4 is 16.8 Å². The molecule has 0 aliphatic rings. The van der Waals surface area contributed by atoms with Gasteiger partial charge in [0.05, 0.1) is 22.7 Å². The van der Waals surface area contributed by atoms with E-state index in [4.69, 9.17) is 5.73 Å². The summed E-state index contributed by atoms with van der Waals surface area (Å²) in [5.41, 5.74) is 6.86. The second kappa shape index (κ2) is 5.67. The van der Waals surface area contributed by atoms with Gasteiger partial charge in [0.25, 0.3) is 5.91 Å². The van der Waals surface area contributed by atoms with Crippen molar-refractivity contribution in [2.75, 3.05) is 0 Å². The smallest absolute Gasteiger partial charge is 0.364 e. The third-order valence-corrected chi connectivity index (χ3v) is 4.03. The second-order valence-corrected chi connectivity index (χ2v) is 5.60. The molecule has 0 unspecified atom stereocenters. The molecule has 0 saturated heterocycles. The van der Waals surface area contributed by atoms with Gasteiger partial charge in [-0.3, -0.25) is 4.79 Å². The Bertz CT molecular complexity index is 1020. The molecule has 1 amide bonds. The van der Waals surface area contributed by atoms with Crippen molar-refractivity contribution in [3.05, 3.63) is 59.3 Å². The molecular weight excluding hydrogens is 331 g/mol. The molecule has 0 atom stereocenters. The quantitative estimate of drug-likeness (QED) is 0.768. The van der Waals surface area contributed by atoms with E-state index in [2.05, 4.69) is 0 Å². The zero-order chi connectivity index (χ0) is 18.4. The summed E-state index contributed by atoms with van der Waals surface area (Å²) < 4.78 is 39.8. The largest absolute Gasteiger partial charge is 0.416 e. The minimum Gasteiger partial charge on any atom is -0.364 e. The van der Waals surface area contributed by atoms with Crippen molar-refractivity contribution in [2.45, 2.75) is 6.18 Å². The van der Waals surface area contributed by atoms with Crippen LogP contribution in [0, 0.1) is 11.3 Å². The molecule has 126 valence electrons. The standard InChI is InChI=1S/C18H12F3N3O/c1-24-15(17(23)25)8-12-6-10(9-22)7-14(16(12)24)11-2-4-13(5-3-11)18(19,20)21/h2-8H,1H3,(H2,23,25). The fraction of sp³-hybridized carbons (Fsp3) is 0.111. The summed E-state index contributed by atoms with van der Waals surface area (Å²) in [6.45, 7) is 0. The van der Waals surface area contributed by atoms with E-state index in [1.54, 1.807) is 29.8 Å². The molecule has 2 aromatic carbocycles. The van der Waals surface area contributed by atoms with E-state index in [-0.39, 0.29) is 5.69 Å². The molecule has 0 aliphatic heterocycles. The Hall–Kier alpha value is -3.27. The highest BCUT2D eigenvalue weighted by Gasteiger charge is 2.30. The molecule has 0 spiro atoms. The lowest BCUT2D eigenvalue weighted by Crippen LogP contribution is -2.15. The number of hydrogen-bond donors (Lipinski definition) is 1. The molecule has 1 aromatic heterocycles. The lowest BCUT2D eigenvalue weighted by Gasteiger charge is -2.11. The number of nitrogens with zero attached hydrogens (tertiary/aromatic N) is 2.